The van der Waals surface area contributed by atoms with Crippen LogP contribution in [0.2, 0.25) is 0 Å². The first kappa shape index (κ1) is 25.3. The summed E-state index contributed by atoms with van der Waals surface area (Å²) < 4.78 is 27.3. The zero-order chi connectivity index (χ0) is 27.9. The van der Waals surface area contributed by atoms with Crippen molar-refractivity contribution in [3.8, 4) is 11.4 Å². The number of amides is 1. The van der Waals surface area contributed by atoms with Gasteiger partial charge in [-0.05, 0) is 48.9 Å². The van der Waals surface area contributed by atoms with Crippen LogP contribution in [0.1, 0.15) is 59.2 Å². The summed E-state index contributed by atoms with van der Waals surface area (Å²) in [6.45, 7) is 4.77. The molecule has 1 aromatic carbocycles. The Bertz CT molecular complexity index is 1690. The summed E-state index contributed by atoms with van der Waals surface area (Å²) in [6, 6.07) is 2.18. The Morgan fingerprint density at radius 1 is 1.30 bits per heavy atom. The lowest BCUT2D eigenvalue weighted by Gasteiger charge is -2.32. The number of aryl methyl sites for hydroxylation is 1. The van der Waals surface area contributed by atoms with Gasteiger partial charge >= 0.3 is 5.97 Å². The Morgan fingerprint density at radius 2 is 2.12 bits per heavy atom. The second-order valence-electron chi connectivity index (χ2n) is 11.0. The second-order valence-corrected chi connectivity index (χ2v) is 11.0. The molecule has 0 unspecified atom stereocenters. The van der Waals surface area contributed by atoms with Gasteiger partial charge in [-0.15, -0.1) is 0 Å². The highest BCUT2D eigenvalue weighted by Gasteiger charge is 2.46. The number of halogens is 1. The van der Waals surface area contributed by atoms with Crippen LogP contribution < -0.4 is 16.2 Å². The summed E-state index contributed by atoms with van der Waals surface area (Å²) in [7, 11) is 0. The molecule has 5 heterocycles. The molecule has 3 aromatic rings. The molecule has 0 radical (unpaired) electrons. The zero-order valence-electron chi connectivity index (χ0n) is 22.2. The Kier molecular flexibility index (Phi) is 5.64. The number of rotatable bonds is 3. The molecule has 10 nitrogen and oxygen atoms in total. The first-order valence-electron chi connectivity index (χ1n) is 13.7. The average Bonchev–Trinajstić information content (AvgIpc) is 3.33. The third-order valence-electron chi connectivity index (χ3n) is 8.93. The number of pyridine rings is 2. The highest BCUT2D eigenvalue weighted by molar-refractivity contribution is 5.94. The van der Waals surface area contributed by atoms with E-state index in [1.54, 1.807) is 24.5 Å². The highest BCUT2D eigenvalue weighted by atomic mass is 19.1. The smallest absolute Gasteiger partial charge is 0.343 e. The number of ether oxygens (including phenoxy) is 2. The van der Waals surface area contributed by atoms with E-state index in [1.165, 1.54) is 6.07 Å². The van der Waals surface area contributed by atoms with Crippen LogP contribution in [-0.4, -0.2) is 52.3 Å². The number of fused-ring (bicyclic) bond motifs is 5. The predicted molar refractivity (Wildman–Crippen MR) is 141 cm³/mol. The predicted octanol–water partition coefficient (Wildman–Crippen LogP) is 1.62. The Balaban J connectivity index is 1.44. The fourth-order valence-electron chi connectivity index (χ4n) is 6.71. The molecule has 4 aliphatic rings. The summed E-state index contributed by atoms with van der Waals surface area (Å²) in [5.74, 6) is -1.34. The van der Waals surface area contributed by atoms with Crippen molar-refractivity contribution in [2.24, 2.45) is 0 Å². The van der Waals surface area contributed by atoms with Crippen LogP contribution >= 0.6 is 0 Å². The van der Waals surface area contributed by atoms with Crippen LogP contribution in [0.15, 0.2) is 16.9 Å². The van der Waals surface area contributed by atoms with Crippen molar-refractivity contribution in [2.45, 2.75) is 63.9 Å². The summed E-state index contributed by atoms with van der Waals surface area (Å²) in [5, 5.41) is 18.4. The largest absolute Gasteiger partial charge is 0.458 e. The normalized spacial score (nSPS) is 24.8. The number of hydrogen-bond acceptors (Lipinski definition) is 8. The number of aromatic nitrogens is 2. The molecule has 208 valence electrons. The molecule has 1 amide bonds. The van der Waals surface area contributed by atoms with E-state index < -0.39 is 17.6 Å². The summed E-state index contributed by atoms with van der Waals surface area (Å²) in [4.78, 5) is 44.3. The van der Waals surface area contributed by atoms with Crippen LogP contribution in [0.4, 0.5) is 4.39 Å². The zero-order valence-corrected chi connectivity index (χ0v) is 22.2. The number of cyclic esters (lactones) is 1. The van der Waals surface area contributed by atoms with Crippen molar-refractivity contribution < 1.29 is 28.6 Å². The Morgan fingerprint density at radius 3 is 2.88 bits per heavy atom. The third-order valence-corrected chi connectivity index (χ3v) is 8.93. The van der Waals surface area contributed by atoms with Gasteiger partial charge in [0.15, 0.2) is 5.60 Å². The van der Waals surface area contributed by atoms with Crippen molar-refractivity contribution in [1.29, 1.82) is 0 Å². The van der Waals surface area contributed by atoms with E-state index >= 15 is 4.39 Å². The van der Waals surface area contributed by atoms with Crippen LogP contribution in [0.3, 0.4) is 0 Å². The third kappa shape index (κ3) is 3.44. The van der Waals surface area contributed by atoms with Crippen molar-refractivity contribution >= 4 is 22.8 Å². The molecule has 3 N–H and O–H groups in total. The number of aliphatic hydroxyl groups is 1. The maximum Gasteiger partial charge on any atom is 0.343 e. The van der Waals surface area contributed by atoms with E-state index in [2.05, 4.69) is 10.6 Å². The quantitative estimate of drug-likeness (QED) is 0.329. The van der Waals surface area contributed by atoms with Gasteiger partial charge in [0.25, 0.3) is 5.56 Å². The SMILES string of the molecule is CC[C@]1(O)C(=O)OCc2c1cc1n(c2=O)Cc2c-1nc1cc(F)c(C)c3c1c2[C@H](NC(=O)[C@@H]1COCCN1)CC3. The molecular formula is C29H29FN4O6. The van der Waals surface area contributed by atoms with Gasteiger partial charge in [0.05, 0.1) is 48.3 Å². The van der Waals surface area contributed by atoms with Crippen LogP contribution in [0, 0.1) is 12.7 Å². The Labute approximate surface area is 228 Å². The number of hydrogen-bond donors (Lipinski definition) is 3. The topological polar surface area (TPSA) is 132 Å². The number of carbonyl (C=O) groups is 2. The van der Waals surface area contributed by atoms with E-state index in [0.717, 1.165) is 22.1 Å². The maximum atomic E-state index is 15.1. The minimum absolute atomic E-state index is 0.0336. The number of carbonyl (C=O) groups excluding carboxylic acids is 2. The number of nitrogens with one attached hydrogen (secondary N) is 2. The van der Waals surface area contributed by atoms with Gasteiger partial charge < -0.3 is 29.8 Å². The maximum absolute atomic E-state index is 15.1. The van der Waals surface area contributed by atoms with Gasteiger partial charge in [0.2, 0.25) is 5.91 Å². The second kappa shape index (κ2) is 8.92. The molecule has 3 aliphatic heterocycles. The van der Waals surface area contributed by atoms with Gasteiger partial charge in [-0.1, -0.05) is 6.92 Å². The van der Waals surface area contributed by atoms with Gasteiger partial charge in [-0.3, -0.25) is 9.59 Å². The molecule has 0 saturated carbocycles. The molecule has 1 aliphatic carbocycles. The Hall–Kier alpha value is -3.67. The molecule has 0 spiro atoms. The fraction of sp³-hybridized carbons (Fsp3) is 0.448. The molecule has 1 fully saturated rings. The van der Waals surface area contributed by atoms with E-state index in [9.17, 15) is 19.5 Å². The summed E-state index contributed by atoms with van der Waals surface area (Å²) in [5.41, 5.74) is 2.49. The highest BCUT2D eigenvalue weighted by Crippen LogP contribution is 2.45. The van der Waals surface area contributed by atoms with Crippen LogP contribution in [-0.2, 0) is 44.2 Å². The van der Waals surface area contributed by atoms with Crippen molar-refractivity contribution in [2.75, 3.05) is 19.8 Å². The van der Waals surface area contributed by atoms with Crippen molar-refractivity contribution in [3.05, 3.63) is 61.7 Å². The lowest BCUT2D eigenvalue weighted by atomic mass is 9.81. The lowest BCUT2D eigenvalue weighted by molar-refractivity contribution is -0.172. The standard InChI is InChI=1S/C29H29FN4O6/c1-3-29(38)17-8-22-25-15(10-34(22)27(36)16(17)11-40-28(29)37)24-19(33-26(35)21-12-39-7-6-31-21)5-4-14-13(2)18(30)9-20(32-25)23(14)24/h8-9,19,21,31,38H,3-7,10-12H2,1-2H3,(H,33,35)/t19-,21+,29-/m1/s1. The molecule has 2 aromatic heterocycles. The van der Waals surface area contributed by atoms with Crippen molar-refractivity contribution in [1.82, 2.24) is 20.2 Å². The van der Waals surface area contributed by atoms with Gasteiger partial charge in [0, 0.05) is 29.1 Å². The number of benzene rings is 1. The molecule has 11 heteroatoms. The van der Waals surface area contributed by atoms with E-state index in [4.69, 9.17) is 14.5 Å². The number of nitrogens with zero attached hydrogens (tertiary/aromatic N) is 2. The van der Waals surface area contributed by atoms with Crippen LogP contribution in [0.5, 0.6) is 0 Å². The monoisotopic (exact) mass is 548 g/mol. The first-order valence-corrected chi connectivity index (χ1v) is 13.7. The van der Waals surface area contributed by atoms with Crippen molar-refractivity contribution in [3.63, 3.8) is 0 Å². The minimum Gasteiger partial charge on any atom is -0.458 e. The van der Waals surface area contributed by atoms with Crippen LogP contribution in [0.25, 0.3) is 22.3 Å². The molecule has 40 heavy (non-hydrogen) atoms. The molecule has 7 rings (SSSR count). The number of morpholine rings is 1. The summed E-state index contributed by atoms with van der Waals surface area (Å²) in [6.07, 6.45) is 1.16. The van der Waals surface area contributed by atoms with Gasteiger partial charge in [0.1, 0.15) is 18.5 Å². The average molecular weight is 549 g/mol. The fourth-order valence-corrected chi connectivity index (χ4v) is 6.71. The van der Waals surface area contributed by atoms with E-state index in [1.807, 2.05) is 0 Å². The molecule has 1 saturated heterocycles. The molecule has 3 atom stereocenters. The van der Waals surface area contributed by atoms with E-state index in [0.29, 0.717) is 48.5 Å². The first-order chi connectivity index (χ1) is 19.2. The molecular weight excluding hydrogens is 519 g/mol. The summed E-state index contributed by atoms with van der Waals surface area (Å²) >= 11 is 0. The minimum atomic E-state index is -1.95. The van der Waals surface area contributed by atoms with E-state index in [-0.39, 0.29) is 60.6 Å². The van der Waals surface area contributed by atoms with Gasteiger partial charge in [-0.2, -0.15) is 0 Å². The lowest BCUT2D eigenvalue weighted by Crippen LogP contribution is -2.52. The number of esters is 1. The molecule has 0 bridgehead atoms. The van der Waals surface area contributed by atoms with Gasteiger partial charge in [-0.25, -0.2) is 14.2 Å².